The van der Waals surface area contributed by atoms with Crippen LogP contribution in [-0.4, -0.2) is 87.7 Å². The normalized spacial score (nSPS) is 18.8. The molecule has 3 aliphatic heterocycles. The predicted molar refractivity (Wildman–Crippen MR) is 238 cm³/mol. The minimum Gasteiger partial charge on any atom is -0.493 e. The number of rotatable bonds is 23. The first-order chi connectivity index (χ1) is 31.9. The average Bonchev–Trinajstić information content (AvgIpc) is 3.99. The fourth-order valence-corrected chi connectivity index (χ4v) is 8.64. The molecule has 4 aliphatic rings. The number of unbranched alkanes of at least 4 members (excludes halogenated alkanes) is 5. The van der Waals surface area contributed by atoms with Gasteiger partial charge in [0.15, 0.2) is 0 Å². The fourth-order valence-electron chi connectivity index (χ4n) is 8.64. The van der Waals surface area contributed by atoms with Crippen molar-refractivity contribution in [1.29, 1.82) is 0 Å². The van der Waals surface area contributed by atoms with E-state index in [1.54, 1.807) is 42.5 Å². The molecule has 5 N–H and O–H groups in total. The second-order valence-electron chi connectivity index (χ2n) is 17.3. The molecule has 4 heterocycles. The van der Waals surface area contributed by atoms with Gasteiger partial charge in [-0.1, -0.05) is 74.9 Å². The summed E-state index contributed by atoms with van der Waals surface area (Å²) in [6.07, 6.45) is 8.60. The first-order valence-electron chi connectivity index (χ1n) is 22.8. The van der Waals surface area contributed by atoms with Gasteiger partial charge in [-0.2, -0.15) is 0 Å². The molecule has 0 bridgehead atoms. The summed E-state index contributed by atoms with van der Waals surface area (Å²) in [5.41, 5.74) is 0.454. The molecule has 1 saturated carbocycles. The SMILES string of the molecule is O=C1CCC(N2C(=O)c3cccc(OCCCCCCCCC(=O)Nc4cccn([C@@H](CC5CC5)C(=O)N[C@@H](C[C@@H]5CCNC5=O)C(=O)C(=O)NCc5ccccc5)c4=O)c3C2=O)C(=O)N1. The molecule has 8 amide bonds. The smallest absolute Gasteiger partial charge is 0.289 e. The molecular formula is C48H55N7O11. The van der Waals surface area contributed by atoms with Gasteiger partial charge in [-0.3, -0.25) is 58.2 Å². The minimum absolute atomic E-state index is 0.00504. The van der Waals surface area contributed by atoms with E-state index in [2.05, 4.69) is 26.6 Å². The van der Waals surface area contributed by atoms with Crippen LogP contribution in [0.3, 0.4) is 0 Å². The molecule has 7 rings (SSSR count). The predicted octanol–water partition coefficient (Wildman–Crippen LogP) is 3.24. The number of carbonyl (C=O) groups excluding carboxylic acids is 9. The van der Waals surface area contributed by atoms with Crippen LogP contribution in [0.25, 0.3) is 0 Å². The van der Waals surface area contributed by atoms with Crippen LogP contribution in [-0.2, 0) is 40.1 Å². The zero-order chi connectivity index (χ0) is 46.7. The lowest BCUT2D eigenvalue weighted by molar-refractivity contribution is -0.141. The number of ketones is 1. The molecule has 1 aliphatic carbocycles. The van der Waals surface area contributed by atoms with Gasteiger partial charge in [0.05, 0.1) is 23.8 Å². The number of hydrogen-bond acceptors (Lipinski definition) is 11. The number of imide groups is 2. The molecule has 4 atom stereocenters. The highest BCUT2D eigenvalue weighted by Crippen LogP contribution is 2.37. The second kappa shape index (κ2) is 21.8. The standard InChI is InChI=1S/C48H55N7O11/c56-38(17-8-3-1-2-4-9-25-66-37-16-10-14-32-40(37)48(65)55(46(32)63)35-20-21-39(57)53-43(35)60)51-33-15-11-24-54(47(33)64)36(26-29-18-19-29)44(61)52-34(27-31-22-23-49-42(31)59)41(58)45(62)50-28-30-12-6-5-7-13-30/h5-7,10-16,24,29,31,34-36H,1-4,8-9,17-23,25-28H2,(H,49,59)(H,50,62)(H,51,56)(H,52,61)(H,53,57,60)/t31-,34-,35?,36-/m0/s1. The molecule has 3 aromatic rings. The summed E-state index contributed by atoms with van der Waals surface area (Å²) in [5.74, 6) is -5.56. The Morgan fingerprint density at radius 3 is 2.26 bits per heavy atom. The summed E-state index contributed by atoms with van der Waals surface area (Å²) in [4.78, 5) is 131. The van der Waals surface area contributed by atoms with Crippen LogP contribution in [0.1, 0.15) is 122 Å². The first kappa shape index (κ1) is 47.0. The molecule has 2 saturated heterocycles. The van der Waals surface area contributed by atoms with E-state index in [0.29, 0.717) is 38.8 Å². The van der Waals surface area contributed by atoms with Crippen molar-refractivity contribution in [2.75, 3.05) is 18.5 Å². The van der Waals surface area contributed by atoms with Gasteiger partial charge in [0, 0.05) is 38.0 Å². The fraction of sp³-hybridized carbons (Fsp3) is 0.458. The summed E-state index contributed by atoms with van der Waals surface area (Å²) in [6, 6.07) is 13.4. The third kappa shape index (κ3) is 11.6. The van der Waals surface area contributed by atoms with E-state index >= 15 is 0 Å². The van der Waals surface area contributed by atoms with Gasteiger partial charge in [-0.25, -0.2) is 0 Å². The van der Waals surface area contributed by atoms with Crippen LogP contribution in [0.15, 0.2) is 71.7 Å². The van der Waals surface area contributed by atoms with E-state index in [1.807, 2.05) is 6.07 Å². The quantitative estimate of drug-likeness (QED) is 0.0525. The number of Topliss-reactive ketones (excluding diaryl/α,β-unsaturated/α-hetero) is 1. The Morgan fingerprint density at radius 2 is 1.53 bits per heavy atom. The maximum atomic E-state index is 14.1. The Kier molecular flexibility index (Phi) is 15.5. The number of fused-ring (bicyclic) bond motifs is 1. The van der Waals surface area contributed by atoms with Crippen molar-refractivity contribution in [3.63, 3.8) is 0 Å². The van der Waals surface area contributed by atoms with Crippen molar-refractivity contribution in [1.82, 2.24) is 30.7 Å². The Morgan fingerprint density at radius 1 is 0.773 bits per heavy atom. The van der Waals surface area contributed by atoms with Crippen molar-refractivity contribution in [2.45, 2.75) is 115 Å². The Bertz CT molecular complexity index is 2430. The van der Waals surface area contributed by atoms with Crippen molar-refractivity contribution in [3.05, 3.63) is 93.9 Å². The van der Waals surface area contributed by atoms with Crippen molar-refractivity contribution < 1.29 is 47.9 Å². The van der Waals surface area contributed by atoms with E-state index in [-0.39, 0.29) is 72.5 Å². The topological polar surface area (TPSA) is 248 Å². The number of pyridine rings is 1. The van der Waals surface area contributed by atoms with Crippen LogP contribution in [0.2, 0.25) is 0 Å². The Labute approximate surface area is 381 Å². The van der Waals surface area contributed by atoms with E-state index in [1.165, 1.54) is 22.9 Å². The molecular weight excluding hydrogens is 851 g/mol. The van der Waals surface area contributed by atoms with Gasteiger partial charge in [0.25, 0.3) is 23.3 Å². The van der Waals surface area contributed by atoms with E-state index in [0.717, 1.165) is 49.0 Å². The Balaban J connectivity index is 0.865. The van der Waals surface area contributed by atoms with Crippen LogP contribution in [0.4, 0.5) is 5.69 Å². The van der Waals surface area contributed by atoms with Crippen LogP contribution >= 0.6 is 0 Å². The molecule has 3 fully saturated rings. The summed E-state index contributed by atoms with van der Waals surface area (Å²) >= 11 is 0. The second-order valence-corrected chi connectivity index (χ2v) is 17.3. The first-order valence-corrected chi connectivity index (χ1v) is 22.8. The maximum Gasteiger partial charge on any atom is 0.289 e. The van der Waals surface area contributed by atoms with Gasteiger partial charge in [-0.05, 0) is 74.3 Å². The molecule has 66 heavy (non-hydrogen) atoms. The molecule has 348 valence electrons. The highest BCUT2D eigenvalue weighted by molar-refractivity contribution is 6.38. The number of carbonyl (C=O) groups is 9. The largest absolute Gasteiger partial charge is 0.493 e. The number of amides is 8. The van der Waals surface area contributed by atoms with Gasteiger partial charge < -0.3 is 30.6 Å². The number of aromatic nitrogens is 1. The number of piperidine rings is 1. The van der Waals surface area contributed by atoms with E-state index < -0.39 is 70.8 Å². The zero-order valence-electron chi connectivity index (χ0n) is 36.6. The minimum atomic E-state index is -1.31. The van der Waals surface area contributed by atoms with Crippen LogP contribution < -0.4 is 36.9 Å². The number of benzene rings is 2. The number of nitrogens with one attached hydrogen (secondary N) is 5. The van der Waals surface area contributed by atoms with Crippen molar-refractivity contribution in [2.24, 2.45) is 11.8 Å². The van der Waals surface area contributed by atoms with Crippen LogP contribution in [0.5, 0.6) is 5.75 Å². The summed E-state index contributed by atoms with van der Waals surface area (Å²) in [6.45, 7) is 0.805. The van der Waals surface area contributed by atoms with Gasteiger partial charge >= 0.3 is 0 Å². The lowest BCUT2D eigenvalue weighted by Gasteiger charge is -2.27. The molecule has 0 radical (unpaired) electrons. The molecule has 18 nitrogen and oxygen atoms in total. The van der Waals surface area contributed by atoms with E-state index in [4.69, 9.17) is 4.74 Å². The molecule has 0 spiro atoms. The third-order valence-electron chi connectivity index (χ3n) is 12.5. The monoisotopic (exact) mass is 905 g/mol. The van der Waals surface area contributed by atoms with Gasteiger partial charge in [0.2, 0.25) is 35.3 Å². The molecule has 1 aromatic heterocycles. The lowest BCUT2D eigenvalue weighted by atomic mass is 9.94. The van der Waals surface area contributed by atoms with E-state index in [9.17, 15) is 47.9 Å². The molecule has 1 unspecified atom stereocenters. The highest BCUT2D eigenvalue weighted by Gasteiger charge is 2.46. The number of anilines is 1. The van der Waals surface area contributed by atoms with Gasteiger partial charge in [-0.15, -0.1) is 0 Å². The number of nitrogens with zero attached hydrogens (tertiary/aromatic N) is 2. The Hall–Kier alpha value is -6.98. The van der Waals surface area contributed by atoms with Crippen molar-refractivity contribution >= 4 is 58.7 Å². The van der Waals surface area contributed by atoms with Crippen molar-refractivity contribution in [3.8, 4) is 5.75 Å². The highest BCUT2D eigenvalue weighted by atomic mass is 16.5. The average molecular weight is 906 g/mol. The van der Waals surface area contributed by atoms with Crippen LogP contribution in [0, 0.1) is 11.8 Å². The summed E-state index contributed by atoms with van der Waals surface area (Å²) < 4.78 is 7.17. The summed E-state index contributed by atoms with van der Waals surface area (Å²) in [5, 5.41) is 12.9. The molecule has 18 heteroatoms. The lowest BCUT2D eigenvalue weighted by Crippen LogP contribution is -2.54. The van der Waals surface area contributed by atoms with Gasteiger partial charge in [0.1, 0.15) is 23.5 Å². The maximum absolute atomic E-state index is 14.1. The zero-order valence-corrected chi connectivity index (χ0v) is 36.6. The summed E-state index contributed by atoms with van der Waals surface area (Å²) in [7, 11) is 0. The third-order valence-corrected chi connectivity index (χ3v) is 12.5. The number of ether oxygens (including phenoxy) is 1. The number of hydrogen-bond donors (Lipinski definition) is 5. The molecule has 2 aromatic carbocycles.